The SMILES string of the molecule is O=C(CSCc1cc(=O)n2ccsc2n1)N[C@@H](c1ccc(F)cc1)c1cccs1. The smallest absolute Gasteiger partial charge is 0.258 e. The molecule has 3 heterocycles. The highest BCUT2D eigenvalue weighted by Crippen LogP contribution is 2.26. The molecule has 29 heavy (non-hydrogen) atoms. The summed E-state index contributed by atoms with van der Waals surface area (Å²) in [6.45, 7) is 0. The Morgan fingerprint density at radius 3 is 2.79 bits per heavy atom. The van der Waals surface area contributed by atoms with Crippen LogP contribution in [0.15, 0.2) is 64.2 Å². The number of halogens is 1. The lowest BCUT2D eigenvalue weighted by Gasteiger charge is -2.18. The Kier molecular flexibility index (Phi) is 6.08. The van der Waals surface area contributed by atoms with Crippen LogP contribution in [0.2, 0.25) is 0 Å². The summed E-state index contributed by atoms with van der Waals surface area (Å²) in [5.74, 6) is 0.254. The molecule has 4 rings (SSSR count). The van der Waals surface area contributed by atoms with Gasteiger partial charge in [0, 0.05) is 28.3 Å². The van der Waals surface area contributed by atoms with Crippen LogP contribution in [0.4, 0.5) is 4.39 Å². The van der Waals surface area contributed by atoms with E-state index < -0.39 is 0 Å². The zero-order valence-electron chi connectivity index (χ0n) is 15.1. The molecule has 0 spiro atoms. The Hall–Kier alpha value is -2.49. The molecule has 0 aliphatic carbocycles. The van der Waals surface area contributed by atoms with E-state index in [2.05, 4.69) is 10.3 Å². The van der Waals surface area contributed by atoms with Crippen molar-refractivity contribution in [2.24, 2.45) is 0 Å². The molecule has 148 valence electrons. The molecular formula is C20H16FN3O2S3. The number of rotatable bonds is 7. The van der Waals surface area contributed by atoms with Gasteiger partial charge in [0.15, 0.2) is 4.96 Å². The molecule has 0 radical (unpaired) electrons. The summed E-state index contributed by atoms with van der Waals surface area (Å²) in [6, 6.07) is 11.2. The molecule has 0 saturated carbocycles. The van der Waals surface area contributed by atoms with Gasteiger partial charge in [-0.1, -0.05) is 18.2 Å². The molecule has 0 bridgehead atoms. The van der Waals surface area contributed by atoms with Gasteiger partial charge in [-0.2, -0.15) is 0 Å². The van der Waals surface area contributed by atoms with E-state index >= 15 is 0 Å². The zero-order chi connectivity index (χ0) is 20.2. The van der Waals surface area contributed by atoms with Gasteiger partial charge in [-0.3, -0.25) is 14.0 Å². The molecule has 1 aromatic carbocycles. The average Bonchev–Trinajstić information content (AvgIpc) is 3.39. The van der Waals surface area contributed by atoms with Gasteiger partial charge in [0.05, 0.1) is 17.5 Å². The van der Waals surface area contributed by atoms with Crippen LogP contribution >= 0.6 is 34.4 Å². The van der Waals surface area contributed by atoms with Crippen molar-refractivity contribution in [2.45, 2.75) is 11.8 Å². The van der Waals surface area contributed by atoms with Crippen LogP contribution in [0.3, 0.4) is 0 Å². The van der Waals surface area contributed by atoms with Crippen molar-refractivity contribution in [3.05, 3.63) is 91.7 Å². The van der Waals surface area contributed by atoms with Crippen molar-refractivity contribution in [3.8, 4) is 0 Å². The molecule has 0 saturated heterocycles. The highest BCUT2D eigenvalue weighted by molar-refractivity contribution is 7.99. The second-order valence-electron chi connectivity index (χ2n) is 6.20. The maximum Gasteiger partial charge on any atom is 0.258 e. The van der Waals surface area contributed by atoms with E-state index in [0.29, 0.717) is 16.4 Å². The molecule has 5 nitrogen and oxygen atoms in total. The van der Waals surface area contributed by atoms with Gasteiger partial charge in [-0.05, 0) is 29.1 Å². The molecular weight excluding hydrogens is 429 g/mol. The molecule has 1 atom stereocenters. The molecule has 1 N–H and O–H groups in total. The average molecular weight is 446 g/mol. The minimum atomic E-state index is -0.325. The minimum Gasteiger partial charge on any atom is -0.344 e. The van der Waals surface area contributed by atoms with Crippen LogP contribution in [0.25, 0.3) is 4.96 Å². The van der Waals surface area contributed by atoms with E-state index in [0.717, 1.165) is 10.4 Å². The predicted molar refractivity (Wildman–Crippen MR) is 116 cm³/mol. The molecule has 0 unspecified atom stereocenters. The van der Waals surface area contributed by atoms with Gasteiger partial charge in [0.25, 0.3) is 5.56 Å². The number of thiazole rings is 1. The third kappa shape index (κ3) is 4.75. The van der Waals surface area contributed by atoms with Crippen LogP contribution in [0.1, 0.15) is 22.2 Å². The summed E-state index contributed by atoms with van der Waals surface area (Å²) in [5.41, 5.74) is 1.36. The molecule has 0 aliphatic heterocycles. The fourth-order valence-electron chi connectivity index (χ4n) is 2.84. The topological polar surface area (TPSA) is 63.5 Å². The van der Waals surface area contributed by atoms with Gasteiger partial charge in [0.1, 0.15) is 5.82 Å². The second-order valence-corrected chi connectivity index (χ2v) is 9.04. The summed E-state index contributed by atoms with van der Waals surface area (Å²) in [6.07, 6.45) is 1.69. The number of amides is 1. The Morgan fingerprint density at radius 2 is 2.03 bits per heavy atom. The number of benzene rings is 1. The molecule has 1 amide bonds. The lowest BCUT2D eigenvalue weighted by atomic mass is 10.1. The summed E-state index contributed by atoms with van der Waals surface area (Å²) in [7, 11) is 0. The van der Waals surface area contributed by atoms with Gasteiger partial charge in [-0.25, -0.2) is 9.37 Å². The van der Waals surface area contributed by atoms with E-state index in [4.69, 9.17) is 0 Å². The minimum absolute atomic E-state index is 0.120. The lowest BCUT2D eigenvalue weighted by Crippen LogP contribution is -2.30. The van der Waals surface area contributed by atoms with Gasteiger partial charge in [-0.15, -0.1) is 34.4 Å². The van der Waals surface area contributed by atoms with Crippen molar-refractivity contribution >= 4 is 45.3 Å². The lowest BCUT2D eigenvalue weighted by molar-refractivity contribution is -0.119. The molecule has 9 heteroatoms. The first-order chi connectivity index (χ1) is 14.1. The van der Waals surface area contributed by atoms with Crippen LogP contribution in [0, 0.1) is 5.82 Å². The highest BCUT2D eigenvalue weighted by atomic mass is 32.2. The number of hydrogen-bond acceptors (Lipinski definition) is 6. The van der Waals surface area contributed by atoms with Gasteiger partial charge >= 0.3 is 0 Å². The maximum absolute atomic E-state index is 13.3. The van der Waals surface area contributed by atoms with Crippen molar-refractivity contribution in [1.29, 1.82) is 0 Å². The van der Waals surface area contributed by atoms with Crippen LogP contribution in [0.5, 0.6) is 0 Å². The summed E-state index contributed by atoms with van der Waals surface area (Å²) >= 11 is 4.33. The number of nitrogens with zero attached hydrogens (tertiary/aromatic N) is 2. The van der Waals surface area contributed by atoms with Gasteiger partial charge < -0.3 is 5.32 Å². The van der Waals surface area contributed by atoms with Crippen LogP contribution in [-0.4, -0.2) is 21.0 Å². The number of thioether (sulfide) groups is 1. The maximum atomic E-state index is 13.3. The number of carbonyl (C=O) groups excluding carboxylic acids is 1. The van der Waals surface area contributed by atoms with Crippen LogP contribution in [-0.2, 0) is 10.5 Å². The van der Waals surface area contributed by atoms with E-state index in [9.17, 15) is 14.0 Å². The predicted octanol–water partition coefficient (Wildman–Crippen LogP) is 4.10. The fourth-order valence-corrected chi connectivity index (χ4v) is 5.11. The Labute approximate surface area is 178 Å². The number of aromatic nitrogens is 2. The molecule has 3 aromatic heterocycles. The van der Waals surface area contributed by atoms with E-state index in [-0.39, 0.29) is 29.1 Å². The van der Waals surface area contributed by atoms with E-state index in [1.54, 1.807) is 18.3 Å². The highest BCUT2D eigenvalue weighted by Gasteiger charge is 2.18. The molecule has 0 aliphatic rings. The standard InChI is InChI=1S/C20H16FN3O2S3/c21-14-5-3-13(4-6-14)19(16-2-1-8-28-16)23-17(25)12-27-11-15-10-18(26)24-7-9-29-20(24)22-15/h1-10,19H,11-12H2,(H,23,25)/t19-/m0/s1. The Bertz CT molecular complexity index is 1170. The van der Waals surface area contributed by atoms with Crippen molar-refractivity contribution in [1.82, 2.24) is 14.7 Å². The first kappa shape index (κ1) is 19.8. The largest absolute Gasteiger partial charge is 0.344 e. The number of thiophene rings is 1. The summed E-state index contributed by atoms with van der Waals surface area (Å²) in [5, 5.41) is 6.78. The third-order valence-corrected chi connectivity index (χ3v) is 6.84. The molecule has 4 aromatic rings. The number of hydrogen-bond donors (Lipinski definition) is 1. The Balaban J connectivity index is 1.40. The fraction of sp³-hybridized carbons (Fsp3) is 0.150. The normalized spacial score (nSPS) is 12.2. The first-order valence-corrected chi connectivity index (χ1v) is 11.6. The van der Waals surface area contributed by atoms with Gasteiger partial charge in [0.2, 0.25) is 5.91 Å². The quantitative estimate of drug-likeness (QED) is 0.465. The zero-order valence-corrected chi connectivity index (χ0v) is 17.5. The number of nitrogens with one attached hydrogen (secondary N) is 1. The van der Waals surface area contributed by atoms with E-state index in [1.165, 1.54) is 57.0 Å². The van der Waals surface area contributed by atoms with Crippen molar-refractivity contribution in [3.63, 3.8) is 0 Å². The van der Waals surface area contributed by atoms with Crippen molar-refractivity contribution < 1.29 is 9.18 Å². The second kappa shape index (κ2) is 8.89. The van der Waals surface area contributed by atoms with Crippen molar-refractivity contribution in [2.75, 3.05) is 5.75 Å². The monoisotopic (exact) mass is 445 g/mol. The number of fused-ring (bicyclic) bond motifs is 1. The molecule has 0 fully saturated rings. The Morgan fingerprint density at radius 1 is 1.21 bits per heavy atom. The van der Waals surface area contributed by atoms with E-state index in [1.807, 2.05) is 22.9 Å². The number of carbonyl (C=O) groups is 1. The van der Waals surface area contributed by atoms with Crippen LogP contribution < -0.4 is 10.9 Å². The summed E-state index contributed by atoms with van der Waals surface area (Å²) < 4.78 is 14.8. The third-order valence-electron chi connectivity index (χ3n) is 4.18. The summed E-state index contributed by atoms with van der Waals surface area (Å²) in [4.78, 5) is 30.6. The first-order valence-electron chi connectivity index (χ1n) is 8.72.